The summed E-state index contributed by atoms with van der Waals surface area (Å²) in [6.07, 6.45) is 0. The molecule has 0 saturated heterocycles. The molecule has 2 N–H and O–H groups in total. The zero-order valence-corrected chi connectivity index (χ0v) is 10.1. The summed E-state index contributed by atoms with van der Waals surface area (Å²) in [4.78, 5) is 6.47. The number of anilines is 1. The van der Waals surface area contributed by atoms with Gasteiger partial charge >= 0.3 is 0 Å². The van der Waals surface area contributed by atoms with E-state index in [0.29, 0.717) is 12.6 Å². The summed E-state index contributed by atoms with van der Waals surface area (Å²) >= 11 is 0. The van der Waals surface area contributed by atoms with Crippen molar-refractivity contribution in [1.82, 2.24) is 4.98 Å². The standard InChI is InChI=1S/C12H20N2O2/c1-9(2)14(6-7-15)12-5-4-11(8-16)10(3)13-12/h4-5,9,15-16H,6-8H2,1-3H3. The van der Waals surface area contributed by atoms with E-state index < -0.39 is 0 Å². The van der Waals surface area contributed by atoms with Crippen LogP contribution in [0.3, 0.4) is 0 Å². The third kappa shape index (κ3) is 2.93. The van der Waals surface area contributed by atoms with Gasteiger partial charge in [0, 0.05) is 18.3 Å². The van der Waals surface area contributed by atoms with Crippen molar-refractivity contribution in [2.24, 2.45) is 0 Å². The largest absolute Gasteiger partial charge is 0.395 e. The third-order valence-corrected chi connectivity index (χ3v) is 2.61. The summed E-state index contributed by atoms with van der Waals surface area (Å²) in [7, 11) is 0. The highest BCUT2D eigenvalue weighted by Gasteiger charge is 2.12. The minimum atomic E-state index is 0.0147. The third-order valence-electron chi connectivity index (χ3n) is 2.61. The fraction of sp³-hybridized carbons (Fsp3) is 0.583. The SMILES string of the molecule is Cc1nc(N(CCO)C(C)C)ccc1CO. The molecule has 16 heavy (non-hydrogen) atoms. The van der Waals surface area contributed by atoms with Gasteiger partial charge in [0.1, 0.15) is 5.82 Å². The van der Waals surface area contributed by atoms with E-state index in [0.717, 1.165) is 17.1 Å². The fourth-order valence-corrected chi connectivity index (χ4v) is 1.65. The lowest BCUT2D eigenvalue weighted by Gasteiger charge is -2.27. The van der Waals surface area contributed by atoms with Gasteiger partial charge in [-0.15, -0.1) is 0 Å². The highest BCUT2D eigenvalue weighted by Crippen LogP contribution is 2.16. The number of aryl methyl sites for hydroxylation is 1. The first kappa shape index (κ1) is 12.9. The zero-order valence-electron chi connectivity index (χ0n) is 10.1. The molecule has 0 aromatic carbocycles. The number of aromatic nitrogens is 1. The van der Waals surface area contributed by atoms with Gasteiger partial charge in [-0.3, -0.25) is 0 Å². The van der Waals surface area contributed by atoms with Crippen LogP contribution in [0.5, 0.6) is 0 Å². The second kappa shape index (κ2) is 5.82. The van der Waals surface area contributed by atoms with Crippen LogP contribution in [0, 0.1) is 6.92 Å². The minimum Gasteiger partial charge on any atom is -0.395 e. The minimum absolute atomic E-state index is 0.0147. The van der Waals surface area contributed by atoms with Gasteiger partial charge in [0.05, 0.1) is 13.2 Å². The van der Waals surface area contributed by atoms with Gasteiger partial charge in [0.25, 0.3) is 0 Å². The highest BCUT2D eigenvalue weighted by atomic mass is 16.3. The number of aliphatic hydroxyl groups is 2. The number of nitrogens with zero attached hydrogens (tertiary/aromatic N) is 2. The number of hydrogen-bond donors (Lipinski definition) is 2. The van der Waals surface area contributed by atoms with Crippen LogP contribution in [0.2, 0.25) is 0 Å². The molecule has 4 heteroatoms. The fourth-order valence-electron chi connectivity index (χ4n) is 1.65. The first-order valence-corrected chi connectivity index (χ1v) is 5.55. The molecule has 90 valence electrons. The molecule has 0 radical (unpaired) electrons. The molecule has 1 aromatic rings. The van der Waals surface area contributed by atoms with Gasteiger partial charge in [0.2, 0.25) is 0 Å². The Morgan fingerprint density at radius 2 is 2.00 bits per heavy atom. The Balaban J connectivity index is 2.97. The highest BCUT2D eigenvalue weighted by molar-refractivity contribution is 5.42. The van der Waals surface area contributed by atoms with Gasteiger partial charge in [-0.1, -0.05) is 6.07 Å². The molecule has 0 spiro atoms. The van der Waals surface area contributed by atoms with Crippen LogP contribution >= 0.6 is 0 Å². The van der Waals surface area contributed by atoms with Gasteiger partial charge in [-0.2, -0.15) is 0 Å². The predicted octanol–water partition coefficient (Wildman–Crippen LogP) is 1.09. The molecule has 0 aliphatic carbocycles. The molecule has 4 nitrogen and oxygen atoms in total. The molecular weight excluding hydrogens is 204 g/mol. The van der Waals surface area contributed by atoms with E-state index >= 15 is 0 Å². The van der Waals surface area contributed by atoms with E-state index in [1.807, 2.05) is 24.0 Å². The predicted molar refractivity (Wildman–Crippen MR) is 64.5 cm³/mol. The van der Waals surface area contributed by atoms with Crippen LogP contribution in [0.1, 0.15) is 25.1 Å². The monoisotopic (exact) mass is 224 g/mol. The zero-order chi connectivity index (χ0) is 12.1. The van der Waals surface area contributed by atoms with E-state index in [2.05, 4.69) is 18.8 Å². The van der Waals surface area contributed by atoms with E-state index in [1.165, 1.54) is 0 Å². The molecule has 1 heterocycles. The van der Waals surface area contributed by atoms with E-state index in [9.17, 15) is 0 Å². The normalized spacial score (nSPS) is 10.9. The summed E-state index contributed by atoms with van der Waals surface area (Å²) in [5.41, 5.74) is 1.68. The maximum Gasteiger partial charge on any atom is 0.129 e. The van der Waals surface area contributed by atoms with E-state index in [-0.39, 0.29) is 13.2 Å². The van der Waals surface area contributed by atoms with Gasteiger partial charge < -0.3 is 15.1 Å². The van der Waals surface area contributed by atoms with Crippen molar-refractivity contribution in [2.45, 2.75) is 33.4 Å². The van der Waals surface area contributed by atoms with Crippen LogP contribution in [0.15, 0.2) is 12.1 Å². The summed E-state index contributed by atoms with van der Waals surface area (Å²) in [6.45, 7) is 6.70. The average Bonchev–Trinajstić information content (AvgIpc) is 2.25. The molecule has 0 aliphatic rings. The first-order chi connectivity index (χ1) is 7.60. The van der Waals surface area contributed by atoms with Crippen molar-refractivity contribution < 1.29 is 10.2 Å². The smallest absolute Gasteiger partial charge is 0.129 e. The number of rotatable bonds is 5. The Kier molecular flexibility index (Phi) is 4.71. The molecule has 0 aliphatic heterocycles. The molecule has 0 atom stereocenters. The molecule has 1 rings (SSSR count). The summed E-state index contributed by atoms with van der Waals surface area (Å²) in [6, 6.07) is 4.05. The maximum absolute atomic E-state index is 9.07. The van der Waals surface area contributed by atoms with Crippen molar-refractivity contribution in [3.63, 3.8) is 0 Å². The lowest BCUT2D eigenvalue weighted by Crippen LogP contribution is -2.34. The molecule has 0 amide bonds. The maximum atomic E-state index is 9.07. The van der Waals surface area contributed by atoms with Crippen LogP contribution in [0.25, 0.3) is 0 Å². The van der Waals surface area contributed by atoms with Gasteiger partial charge in [0.15, 0.2) is 0 Å². The molecule has 0 bridgehead atoms. The number of pyridine rings is 1. The second-order valence-corrected chi connectivity index (χ2v) is 4.08. The van der Waals surface area contributed by atoms with Crippen LogP contribution in [0.4, 0.5) is 5.82 Å². The van der Waals surface area contributed by atoms with Crippen LogP contribution < -0.4 is 4.90 Å². The lowest BCUT2D eigenvalue weighted by atomic mass is 10.2. The van der Waals surface area contributed by atoms with Crippen molar-refractivity contribution in [1.29, 1.82) is 0 Å². The van der Waals surface area contributed by atoms with Gasteiger partial charge in [-0.05, 0) is 32.4 Å². The van der Waals surface area contributed by atoms with Crippen LogP contribution in [-0.4, -0.2) is 34.4 Å². The van der Waals surface area contributed by atoms with Crippen LogP contribution in [-0.2, 0) is 6.61 Å². The molecular formula is C12H20N2O2. The van der Waals surface area contributed by atoms with Crippen molar-refractivity contribution in [2.75, 3.05) is 18.1 Å². The molecule has 1 aromatic heterocycles. The molecule has 0 unspecified atom stereocenters. The van der Waals surface area contributed by atoms with Crippen molar-refractivity contribution in [3.05, 3.63) is 23.4 Å². The summed E-state index contributed by atoms with van der Waals surface area (Å²) in [5, 5.41) is 18.1. The lowest BCUT2D eigenvalue weighted by molar-refractivity contribution is 0.280. The second-order valence-electron chi connectivity index (χ2n) is 4.08. The number of aliphatic hydroxyl groups excluding tert-OH is 2. The Bertz CT molecular complexity index is 340. The number of hydrogen-bond acceptors (Lipinski definition) is 4. The average molecular weight is 224 g/mol. The first-order valence-electron chi connectivity index (χ1n) is 5.55. The summed E-state index contributed by atoms with van der Waals surface area (Å²) in [5.74, 6) is 0.846. The Morgan fingerprint density at radius 1 is 1.31 bits per heavy atom. The summed E-state index contributed by atoms with van der Waals surface area (Å²) < 4.78 is 0. The Morgan fingerprint density at radius 3 is 2.44 bits per heavy atom. The van der Waals surface area contributed by atoms with Crippen molar-refractivity contribution >= 4 is 5.82 Å². The Hall–Kier alpha value is -1.13. The quantitative estimate of drug-likeness (QED) is 0.786. The molecule has 0 saturated carbocycles. The van der Waals surface area contributed by atoms with Crippen molar-refractivity contribution in [3.8, 4) is 0 Å². The molecule has 0 fully saturated rings. The Labute approximate surface area is 96.6 Å². The topological polar surface area (TPSA) is 56.6 Å². The van der Waals surface area contributed by atoms with E-state index in [4.69, 9.17) is 10.2 Å². The van der Waals surface area contributed by atoms with Gasteiger partial charge in [-0.25, -0.2) is 4.98 Å². The van der Waals surface area contributed by atoms with E-state index in [1.54, 1.807) is 0 Å².